The summed E-state index contributed by atoms with van der Waals surface area (Å²) in [6.45, 7) is 3.62. The molecule has 1 aromatic carbocycles. The van der Waals surface area contributed by atoms with Gasteiger partial charge in [0.25, 0.3) is 0 Å². The lowest BCUT2D eigenvalue weighted by molar-refractivity contribution is 0.221. The van der Waals surface area contributed by atoms with E-state index in [-0.39, 0.29) is 0 Å². The van der Waals surface area contributed by atoms with Crippen molar-refractivity contribution in [1.29, 1.82) is 0 Å². The number of anilines is 1. The predicted molar refractivity (Wildman–Crippen MR) is 87.5 cm³/mol. The zero-order chi connectivity index (χ0) is 13.6. The normalized spacial score (nSPS) is 17.2. The summed E-state index contributed by atoms with van der Waals surface area (Å²) in [6, 6.07) is 13.6. The van der Waals surface area contributed by atoms with Gasteiger partial charge in [-0.05, 0) is 36.3 Å². The first-order chi connectivity index (χ1) is 9.90. The summed E-state index contributed by atoms with van der Waals surface area (Å²) in [7, 11) is 0. The van der Waals surface area contributed by atoms with Gasteiger partial charge in [-0.3, -0.25) is 0 Å². The van der Waals surface area contributed by atoms with Crippen LogP contribution in [0.5, 0.6) is 0 Å². The zero-order valence-electron chi connectivity index (χ0n) is 11.8. The van der Waals surface area contributed by atoms with Crippen LogP contribution in [0.25, 0.3) is 0 Å². The zero-order valence-corrected chi connectivity index (χ0v) is 12.6. The summed E-state index contributed by atoms with van der Waals surface area (Å²) >= 11 is 1.76. The largest absolute Gasteiger partial charge is 0.382 e. The molecule has 1 aromatic heterocycles. The Labute approximate surface area is 125 Å². The average Bonchev–Trinajstić information content (AvgIpc) is 3.01. The number of nitrogens with zero attached hydrogens (tertiary/aromatic N) is 1. The van der Waals surface area contributed by atoms with Crippen molar-refractivity contribution in [3.05, 3.63) is 52.7 Å². The highest BCUT2D eigenvalue weighted by atomic mass is 32.1. The van der Waals surface area contributed by atoms with Gasteiger partial charge in [-0.25, -0.2) is 0 Å². The standard InChI is InChI=1S/C17H22N2S/c1-2-4-15(5-3-1)6-10-19-11-7-16(8-12-19)18-17-9-13-20-14-17/h1-5,9,13-14,16,18H,6-8,10-12H2. The molecule has 106 valence electrons. The second kappa shape index (κ2) is 6.91. The van der Waals surface area contributed by atoms with Gasteiger partial charge in [-0.1, -0.05) is 30.3 Å². The molecule has 0 bridgehead atoms. The lowest BCUT2D eigenvalue weighted by Crippen LogP contribution is -2.39. The Hall–Kier alpha value is -1.32. The highest BCUT2D eigenvalue weighted by Gasteiger charge is 2.18. The number of rotatable bonds is 5. The molecule has 1 fully saturated rings. The van der Waals surface area contributed by atoms with E-state index in [1.807, 2.05) is 0 Å². The van der Waals surface area contributed by atoms with Crippen molar-refractivity contribution in [2.75, 3.05) is 25.0 Å². The molecule has 2 nitrogen and oxygen atoms in total. The molecule has 1 aliphatic heterocycles. The molecule has 3 heteroatoms. The van der Waals surface area contributed by atoms with Crippen LogP contribution in [-0.2, 0) is 6.42 Å². The van der Waals surface area contributed by atoms with E-state index in [4.69, 9.17) is 0 Å². The van der Waals surface area contributed by atoms with Crippen molar-refractivity contribution in [2.45, 2.75) is 25.3 Å². The van der Waals surface area contributed by atoms with E-state index >= 15 is 0 Å². The van der Waals surface area contributed by atoms with E-state index in [1.165, 1.54) is 50.1 Å². The molecule has 2 aromatic rings. The maximum atomic E-state index is 3.64. The van der Waals surface area contributed by atoms with Crippen molar-refractivity contribution in [1.82, 2.24) is 4.90 Å². The number of benzene rings is 1. The third kappa shape index (κ3) is 3.84. The van der Waals surface area contributed by atoms with Crippen molar-refractivity contribution < 1.29 is 0 Å². The second-order valence-electron chi connectivity index (χ2n) is 5.51. The summed E-state index contributed by atoms with van der Waals surface area (Å²) in [4.78, 5) is 2.60. The number of likely N-dealkylation sites (tertiary alicyclic amines) is 1. The Balaban J connectivity index is 1.40. The molecule has 20 heavy (non-hydrogen) atoms. The fourth-order valence-electron chi connectivity index (χ4n) is 2.82. The third-order valence-corrected chi connectivity index (χ3v) is 4.72. The van der Waals surface area contributed by atoms with E-state index in [0.717, 1.165) is 0 Å². The highest BCUT2D eigenvalue weighted by molar-refractivity contribution is 7.08. The van der Waals surface area contributed by atoms with Gasteiger partial charge in [0.15, 0.2) is 0 Å². The lowest BCUT2D eigenvalue weighted by Gasteiger charge is -2.32. The van der Waals surface area contributed by atoms with Gasteiger partial charge in [-0.2, -0.15) is 11.3 Å². The van der Waals surface area contributed by atoms with E-state index in [1.54, 1.807) is 11.3 Å². The van der Waals surface area contributed by atoms with Crippen LogP contribution in [0.15, 0.2) is 47.2 Å². The third-order valence-electron chi connectivity index (χ3n) is 4.04. The van der Waals surface area contributed by atoms with Crippen LogP contribution in [0.4, 0.5) is 5.69 Å². The monoisotopic (exact) mass is 286 g/mol. The van der Waals surface area contributed by atoms with Gasteiger partial charge in [0, 0.05) is 36.7 Å². The highest BCUT2D eigenvalue weighted by Crippen LogP contribution is 2.18. The first-order valence-corrected chi connectivity index (χ1v) is 8.39. The van der Waals surface area contributed by atoms with Crippen LogP contribution < -0.4 is 5.32 Å². The number of piperidine rings is 1. The number of thiophene rings is 1. The Morgan fingerprint density at radius 3 is 2.60 bits per heavy atom. The molecular formula is C17H22N2S. The molecule has 2 heterocycles. The van der Waals surface area contributed by atoms with Crippen LogP contribution in [0.1, 0.15) is 18.4 Å². The smallest absolute Gasteiger partial charge is 0.0450 e. The fraction of sp³-hybridized carbons (Fsp3) is 0.412. The molecule has 0 radical (unpaired) electrons. The fourth-order valence-corrected chi connectivity index (χ4v) is 3.41. The van der Waals surface area contributed by atoms with Crippen molar-refractivity contribution in [3.8, 4) is 0 Å². The Morgan fingerprint density at radius 2 is 1.90 bits per heavy atom. The first-order valence-electron chi connectivity index (χ1n) is 7.45. The van der Waals surface area contributed by atoms with E-state index in [9.17, 15) is 0 Å². The minimum Gasteiger partial charge on any atom is -0.382 e. The molecule has 0 saturated carbocycles. The van der Waals surface area contributed by atoms with E-state index < -0.39 is 0 Å². The van der Waals surface area contributed by atoms with Crippen LogP contribution in [0.3, 0.4) is 0 Å². The average molecular weight is 286 g/mol. The number of nitrogens with one attached hydrogen (secondary N) is 1. The predicted octanol–water partition coefficient (Wildman–Crippen LogP) is 3.87. The van der Waals surface area contributed by atoms with Crippen molar-refractivity contribution in [2.24, 2.45) is 0 Å². The van der Waals surface area contributed by atoms with Crippen LogP contribution in [0, 0.1) is 0 Å². The Bertz CT molecular complexity index is 487. The molecule has 0 unspecified atom stereocenters. The summed E-state index contributed by atoms with van der Waals surface area (Å²) in [5, 5.41) is 7.97. The van der Waals surface area contributed by atoms with Gasteiger partial charge in [0.1, 0.15) is 0 Å². The number of hydrogen-bond donors (Lipinski definition) is 1. The van der Waals surface area contributed by atoms with E-state index in [2.05, 4.69) is 57.4 Å². The molecule has 0 spiro atoms. The first kappa shape index (κ1) is 13.7. The van der Waals surface area contributed by atoms with Crippen LogP contribution >= 0.6 is 11.3 Å². The van der Waals surface area contributed by atoms with Crippen LogP contribution in [-0.4, -0.2) is 30.6 Å². The van der Waals surface area contributed by atoms with Gasteiger partial charge in [0.2, 0.25) is 0 Å². The summed E-state index contributed by atoms with van der Waals surface area (Å²) in [5.74, 6) is 0. The molecule has 1 aliphatic rings. The minimum atomic E-state index is 0.651. The van der Waals surface area contributed by atoms with Gasteiger partial charge < -0.3 is 10.2 Å². The lowest BCUT2D eigenvalue weighted by atomic mass is 10.0. The summed E-state index contributed by atoms with van der Waals surface area (Å²) in [5.41, 5.74) is 2.74. The molecule has 1 saturated heterocycles. The second-order valence-corrected chi connectivity index (χ2v) is 6.29. The van der Waals surface area contributed by atoms with Crippen LogP contribution in [0.2, 0.25) is 0 Å². The number of hydrogen-bond acceptors (Lipinski definition) is 3. The summed E-state index contributed by atoms with van der Waals surface area (Å²) in [6.07, 6.45) is 3.68. The van der Waals surface area contributed by atoms with Gasteiger partial charge >= 0.3 is 0 Å². The quantitative estimate of drug-likeness (QED) is 0.897. The molecule has 0 aliphatic carbocycles. The maximum Gasteiger partial charge on any atom is 0.0450 e. The summed E-state index contributed by atoms with van der Waals surface area (Å²) < 4.78 is 0. The van der Waals surface area contributed by atoms with Gasteiger partial charge in [0.05, 0.1) is 0 Å². The van der Waals surface area contributed by atoms with E-state index in [0.29, 0.717) is 6.04 Å². The van der Waals surface area contributed by atoms with Crippen molar-refractivity contribution in [3.63, 3.8) is 0 Å². The topological polar surface area (TPSA) is 15.3 Å². The Kier molecular flexibility index (Phi) is 4.72. The SMILES string of the molecule is c1ccc(CCN2CCC(Nc3ccsc3)CC2)cc1. The molecular weight excluding hydrogens is 264 g/mol. The Morgan fingerprint density at radius 1 is 1.10 bits per heavy atom. The minimum absolute atomic E-state index is 0.651. The maximum absolute atomic E-state index is 3.64. The molecule has 0 amide bonds. The molecule has 3 rings (SSSR count). The van der Waals surface area contributed by atoms with Crippen molar-refractivity contribution >= 4 is 17.0 Å². The molecule has 0 atom stereocenters. The molecule has 1 N–H and O–H groups in total. The van der Waals surface area contributed by atoms with Gasteiger partial charge in [-0.15, -0.1) is 0 Å².